The van der Waals surface area contributed by atoms with Gasteiger partial charge in [0.2, 0.25) is 0 Å². The molecular formula is C9H17ClN4OS. The van der Waals surface area contributed by atoms with Crippen LogP contribution in [0.25, 0.3) is 0 Å². The highest BCUT2D eigenvalue weighted by Gasteiger charge is 2.14. The monoisotopic (exact) mass is 264 g/mol. The molecule has 5 nitrogen and oxygen atoms in total. The van der Waals surface area contributed by atoms with Crippen molar-refractivity contribution in [2.24, 2.45) is 0 Å². The number of nitrogens with one attached hydrogen (secondary N) is 2. The Balaban J connectivity index is 0.00000225. The van der Waals surface area contributed by atoms with Gasteiger partial charge in [0.15, 0.2) is 0 Å². The van der Waals surface area contributed by atoms with Crippen LogP contribution in [-0.4, -0.2) is 35.1 Å². The third-order valence-electron chi connectivity index (χ3n) is 2.16. The minimum Gasteiger partial charge on any atom is -0.350 e. The zero-order valence-electron chi connectivity index (χ0n) is 9.61. The van der Waals surface area contributed by atoms with Crippen molar-refractivity contribution in [2.45, 2.75) is 26.3 Å². The summed E-state index contributed by atoms with van der Waals surface area (Å²) < 4.78 is 3.78. The first kappa shape index (κ1) is 15.3. The van der Waals surface area contributed by atoms with E-state index in [2.05, 4.69) is 20.2 Å². The summed E-state index contributed by atoms with van der Waals surface area (Å²) in [5.41, 5.74) is 0.773. The predicted molar refractivity (Wildman–Crippen MR) is 67.4 cm³/mol. The quantitative estimate of drug-likeness (QED) is 0.828. The summed E-state index contributed by atoms with van der Waals surface area (Å²) >= 11 is 1.15. The van der Waals surface area contributed by atoms with Crippen molar-refractivity contribution in [2.75, 3.05) is 13.6 Å². The van der Waals surface area contributed by atoms with Gasteiger partial charge in [-0.3, -0.25) is 4.79 Å². The van der Waals surface area contributed by atoms with E-state index in [9.17, 15) is 4.79 Å². The molecule has 92 valence electrons. The summed E-state index contributed by atoms with van der Waals surface area (Å²) in [5, 5.41) is 9.79. The fraction of sp³-hybridized carbons (Fsp3) is 0.667. The molecule has 2 N–H and O–H groups in total. The lowest BCUT2D eigenvalue weighted by molar-refractivity contribution is 0.0953. The average molecular weight is 265 g/mol. The van der Waals surface area contributed by atoms with Gasteiger partial charge < -0.3 is 10.6 Å². The maximum Gasteiger partial charge on any atom is 0.265 e. The molecule has 0 saturated carbocycles. The normalized spacial score (nSPS) is 11.7. The lowest BCUT2D eigenvalue weighted by Crippen LogP contribution is -2.37. The van der Waals surface area contributed by atoms with Crippen LogP contribution in [0.3, 0.4) is 0 Å². The van der Waals surface area contributed by atoms with E-state index in [-0.39, 0.29) is 24.4 Å². The van der Waals surface area contributed by atoms with Gasteiger partial charge in [-0.25, -0.2) is 0 Å². The van der Waals surface area contributed by atoms with Gasteiger partial charge in [0.05, 0.1) is 5.69 Å². The number of carbonyl (C=O) groups excluding carboxylic acids is 1. The molecule has 0 bridgehead atoms. The van der Waals surface area contributed by atoms with Crippen LogP contribution in [0.2, 0.25) is 0 Å². The highest BCUT2D eigenvalue weighted by atomic mass is 35.5. The van der Waals surface area contributed by atoms with E-state index < -0.39 is 0 Å². The topological polar surface area (TPSA) is 66.9 Å². The van der Waals surface area contributed by atoms with Crippen molar-refractivity contribution in [1.82, 2.24) is 20.2 Å². The maximum absolute atomic E-state index is 11.7. The molecule has 0 spiro atoms. The van der Waals surface area contributed by atoms with Crippen LogP contribution < -0.4 is 10.6 Å². The van der Waals surface area contributed by atoms with Gasteiger partial charge in [-0.2, -0.15) is 0 Å². The van der Waals surface area contributed by atoms with E-state index in [0.717, 1.165) is 23.6 Å². The van der Waals surface area contributed by atoms with Crippen molar-refractivity contribution in [3.63, 3.8) is 0 Å². The van der Waals surface area contributed by atoms with Crippen molar-refractivity contribution in [1.29, 1.82) is 0 Å². The molecule has 1 aromatic rings. The molecule has 7 heteroatoms. The predicted octanol–water partition coefficient (Wildman–Crippen LogP) is 0.860. The number of aromatic nitrogens is 2. The largest absolute Gasteiger partial charge is 0.350 e. The highest BCUT2D eigenvalue weighted by molar-refractivity contribution is 7.08. The van der Waals surface area contributed by atoms with Crippen LogP contribution in [0.1, 0.15) is 29.2 Å². The molecule has 0 aliphatic rings. The van der Waals surface area contributed by atoms with Crippen LogP contribution in [-0.2, 0) is 6.42 Å². The van der Waals surface area contributed by atoms with Gasteiger partial charge in [-0.05, 0) is 31.9 Å². The van der Waals surface area contributed by atoms with Crippen LogP contribution in [0.4, 0.5) is 0 Å². The maximum atomic E-state index is 11.7. The number of halogens is 1. The van der Waals surface area contributed by atoms with Gasteiger partial charge >= 0.3 is 0 Å². The molecule has 16 heavy (non-hydrogen) atoms. The number of amides is 1. The van der Waals surface area contributed by atoms with E-state index in [4.69, 9.17) is 0 Å². The number of rotatable bonds is 5. The first-order valence-corrected chi connectivity index (χ1v) is 5.73. The number of carbonyl (C=O) groups is 1. The smallest absolute Gasteiger partial charge is 0.265 e. The number of likely N-dealkylation sites (N-methyl/N-ethyl adjacent to an activating group) is 1. The summed E-state index contributed by atoms with van der Waals surface area (Å²) in [6.45, 7) is 4.58. The van der Waals surface area contributed by atoms with E-state index in [1.165, 1.54) is 0 Å². The van der Waals surface area contributed by atoms with Crippen molar-refractivity contribution in [3.05, 3.63) is 10.6 Å². The third-order valence-corrected chi connectivity index (χ3v) is 2.93. The van der Waals surface area contributed by atoms with Crippen LogP contribution in [0.15, 0.2) is 0 Å². The van der Waals surface area contributed by atoms with E-state index in [1.54, 1.807) is 0 Å². The second kappa shape index (κ2) is 7.54. The zero-order valence-corrected chi connectivity index (χ0v) is 11.2. The minimum atomic E-state index is -0.0797. The van der Waals surface area contributed by atoms with Gasteiger partial charge in [-0.1, -0.05) is 11.4 Å². The molecule has 1 rings (SSSR count). The summed E-state index contributed by atoms with van der Waals surface area (Å²) in [6, 6.07) is 0.264. The molecular weight excluding hydrogens is 248 g/mol. The lowest BCUT2D eigenvalue weighted by Gasteiger charge is -2.10. The first-order chi connectivity index (χ1) is 7.19. The zero-order chi connectivity index (χ0) is 11.3. The van der Waals surface area contributed by atoms with E-state index in [0.29, 0.717) is 11.4 Å². The van der Waals surface area contributed by atoms with Crippen LogP contribution >= 0.6 is 23.9 Å². The molecule has 0 radical (unpaired) electrons. The second-order valence-corrected chi connectivity index (χ2v) is 4.06. The van der Waals surface area contributed by atoms with Gasteiger partial charge in [0, 0.05) is 12.6 Å². The Morgan fingerprint density at radius 1 is 1.56 bits per heavy atom. The number of aryl methyl sites for hydroxylation is 1. The standard InChI is InChI=1S/C9H16N4OS.ClH/c1-4-7-8(15-13-12-7)9(14)11-5-6(2)10-3;/h6,10H,4-5H2,1-3H3,(H,11,14);1H. The van der Waals surface area contributed by atoms with Crippen molar-refractivity contribution in [3.8, 4) is 0 Å². The summed E-state index contributed by atoms with van der Waals surface area (Å²) in [6.07, 6.45) is 0.737. The Hall–Kier alpha value is -0.720. The molecule has 1 amide bonds. The fourth-order valence-corrected chi connectivity index (χ4v) is 1.71. The molecule has 0 aliphatic heterocycles. The van der Waals surface area contributed by atoms with Crippen molar-refractivity contribution >= 4 is 29.8 Å². The Kier molecular flexibility index (Phi) is 7.20. The lowest BCUT2D eigenvalue weighted by atomic mass is 10.3. The average Bonchev–Trinajstić information content (AvgIpc) is 2.73. The molecule has 0 saturated heterocycles. The molecule has 1 heterocycles. The molecule has 1 unspecified atom stereocenters. The third kappa shape index (κ3) is 4.03. The summed E-state index contributed by atoms with van der Waals surface area (Å²) in [7, 11) is 1.86. The van der Waals surface area contributed by atoms with E-state index in [1.807, 2.05) is 20.9 Å². The summed E-state index contributed by atoms with van der Waals surface area (Å²) in [4.78, 5) is 12.3. The SMILES string of the molecule is CCc1nnsc1C(=O)NCC(C)NC.Cl. The summed E-state index contributed by atoms with van der Waals surface area (Å²) in [5.74, 6) is -0.0797. The Labute approximate surface area is 106 Å². The van der Waals surface area contributed by atoms with E-state index >= 15 is 0 Å². The molecule has 0 fully saturated rings. The van der Waals surface area contributed by atoms with Crippen LogP contribution in [0.5, 0.6) is 0 Å². The Bertz CT molecular complexity index is 331. The van der Waals surface area contributed by atoms with Gasteiger partial charge in [0.25, 0.3) is 5.91 Å². The van der Waals surface area contributed by atoms with Crippen LogP contribution in [0, 0.1) is 0 Å². The first-order valence-electron chi connectivity index (χ1n) is 4.95. The molecule has 0 aliphatic carbocycles. The molecule has 1 aromatic heterocycles. The second-order valence-electron chi connectivity index (χ2n) is 3.30. The van der Waals surface area contributed by atoms with Gasteiger partial charge in [-0.15, -0.1) is 17.5 Å². The van der Waals surface area contributed by atoms with Crippen molar-refractivity contribution < 1.29 is 4.79 Å². The highest BCUT2D eigenvalue weighted by Crippen LogP contribution is 2.10. The number of hydrogen-bond donors (Lipinski definition) is 2. The number of hydrogen-bond acceptors (Lipinski definition) is 5. The fourth-order valence-electron chi connectivity index (χ4n) is 1.04. The Morgan fingerprint density at radius 3 is 2.81 bits per heavy atom. The minimum absolute atomic E-state index is 0. The molecule has 0 aromatic carbocycles. The number of nitrogens with zero attached hydrogens (tertiary/aromatic N) is 2. The molecule has 1 atom stereocenters. The Morgan fingerprint density at radius 2 is 2.25 bits per heavy atom. The van der Waals surface area contributed by atoms with Gasteiger partial charge in [0.1, 0.15) is 4.88 Å².